The Morgan fingerprint density at radius 2 is 2.12 bits per heavy atom. The second-order valence-electron chi connectivity index (χ2n) is 2.98. The van der Waals surface area contributed by atoms with E-state index >= 15 is 0 Å². The zero-order chi connectivity index (χ0) is 12.1. The molecule has 0 aliphatic heterocycles. The summed E-state index contributed by atoms with van der Waals surface area (Å²) < 4.78 is 4.33. The number of esters is 1. The summed E-state index contributed by atoms with van der Waals surface area (Å²) in [6, 6.07) is 5.21. The minimum atomic E-state index is -0.670. The third-order valence-electron chi connectivity index (χ3n) is 1.91. The van der Waals surface area contributed by atoms with Crippen molar-refractivity contribution in [1.82, 2.24) is 0 Å². The van der Waals surface area contributed by atoms with E-state index in [1.807, 2.05) is 0 Å². The molecule has 84 valence electrons. The number of nitro benzene ring substituents is 1. The number of carbonyl (C=O) groups excluding carboxylic acids is 2. The number of benzene rings is 1. The van der Waals surface area contributed by atoms with Crippen molar-refractivity contribution in [1.29, 1.82) is 0 Å². The van der Waals surface area contributed by atoms with Crippen LogP contribution in [-0.2, 0) is 9.53 Å². The Hall–Kier alpha value is -2.24. The standard InChI is InChI=1S/C10H9NO5/c1-16-10(13)6-9(12)7-3-2-4-8(5-7)11(14)15/h2-5H,6H2,1H3. The lowest BCUT2D eigenvalue weighted by molar-refractivity contribution is -0.384. The third-order valence-corrected chi connectivity index (χ3v) is 1.91. The Morgan fingerprint density at radius 3 is 2.69 bits per heavy atom. The molecule has 1 aromatic carbocycles. The molecule has 0 saturated heterocycles. The fourth-order valence-corrected chi connectivity index (χ4v) is 1.10. The minimum Gasteiger partial charge on any atom is -0.469 e. The number of rotatable bonds is 4. The third kappa shape index (κ3) is 2.88. The number of ketones is 1. The normalized spacial score (nSPS) is 9.56. The highest BCUT2D eigenvalue weighted by Gasteiger charge is 2.14. The van der Waals surface area contributed by atoms with E-state index in [2.05, 4.69) is 4.74 Å². The Labute approximate surface area is 91.0 Å². The fraction of sp³-hybridized carbons (Fsp3) is 0.200. The van der Waals surface area contributed by atoms with Crippen LogP contribution in [0.4, 0.5) is 5.69 Å². The molecular formula is C10H9NO5. The van der Waals surface area contributed by atoms with Crippen LogP contribution in [0, 0.1) is 10.1 Å². The van der Waals surface area contributed by atoms with Gasteiger partial charge in [-0.2, -0.15) is 0 Å². The van der Waals surface area contributed by atoms with E-state index < -0.39 is 23.1 Å². The van der Waals surface area contributed by atoms with Crippen molar-refractivity contribution < 1.29 is 19.2 Å². The zero-order valence-electron chi connectivity index (χ0n) is 8.50. The van der Waals surface area contributed by atoms with E-state index in [1.165, 1.54) is 25.3 Å². The summed E-state index contributed by atoms with van der Waals surface area (Å²) in [5, 5.41) is 10.5. The van der Waals surface area contributed by atoms with Crippen LogP contribution < -0.4 is 0 Å². The Bertz CT molecular complexity index is 441. The molecule has 0 radical (unpaired) electrons. The number of nitrogens with zero attached hydrogens (tertiary/aromatic N) is 1. The van der Waals surface area contributed by atoms with Gasteiger partial charge in [-0.05, 0) is 0 Å². The van der Waals surface area contributed by atoms with E-state index in [1.54, 1.807) is 0 Å². The summed E-state index contributed by atoms with van der Waals surface area (Å²) in [4.78, 5) is 32.2. The molecule has 1 aromatic rings. The van der Waals surface area contributed by atoms with Crippen molar-refractivity contribution in [2.24, 2.45) is 0 Å². The Morgan fingerprint density at radius 1 is 1.44 bits per heavy atom. The average Bonchev–Trinajstić information content (AvgIpc) is 2.28. The highest BCUT2D eigenvalue weighted by Crippen LogP contribution is 2.14. The van der Waals surface area contributed by atoms with E-state index in [-0.39, 0.29) is 11.3 Å². The quantitative estimate of drug-likeness (QED) is 0.253. The van der Waals surface area contributed by atoms with Crippen LogP contribution in [0.25, 0.3) is 0 Å². The second-order valence-corrected chi connectivity index (χ2v) is 2.98. The molecule has 0 aliphatic rings. The van der Waals surface area contributed by atoms with Crippen molar-refractivity contribution in [2.45, 2.75) is 6.42 Å². The van der Waals surface area contributed by atoms with Gasteiger partial charge in [-0.1, -0.05) is 12.1 Å². The van der Waals surface area contributed by atoms with Crippen molar-refractivity contribution in [3.05, 3.63) is 39.9 Å². The van der Waals surface area contributed by atoms with Gasteiger partial charge < -0.3 is 4.74 Å². The maximum Gasteiger partial charge on any atom is 0.313 e. The number of Topliss-reactive ketones (excluding diaryl/α,β-unsaturated/α-hetero) is 1. The fourth-order valence-electron chi connectivity index (χ4n) is 1.10. The molecule has 0 spiro atoms. The highest BCUT2D eigenvalue weighted by atomic mass is 16.6. The lowest BCUT2D eigenvalue weighted by atomic mass is 10.1. The first kappa shape index (κ1) is 11.8. The summed E-state index contributed by atoms with van der Waals surface area (Å²) in [5.74, 6) is -1.17. The molecule has 1 rings (SSSR count). The molecule has 6 nitrogen and oxygen atoms in total. The maximum absolute atomic E-state index is 11.5. The van der Waals surface area contributed by atoms with Gasteiger partial charge in [0.15, 0.2) is 5.78 Å². The van der Waals surface area contributed by atoms with Crippen molar-refractivity contribution in [3.8, 4) is 0 Å². The number of non-ortho nitro benzene ring substituents is 1. The summed E-state index contributed by atoms with van der Waals surface area (Å²) in [7, 11) is 1.17. The van der Waals surface area contributed by atoms with Gasteiger partial charge in [-0.15, -0.1) is 0 Å². The minimum absolute atomic E-state index is 0.125. The number of nitro groups is 1. The predicted molar refractivity (Wildman–Crippen MR) is 54.1 cm³/mol. The molecule has 0 heterocycles. The summed E-state index contributed by atoms with van der Waals surface area (Å²) in [5.41, 5.74) is -0.0599. The molecular weight excluding hydrogens is 214 g/mol. The summed E-state index contributed by atoms with van der Waals surface area (Å²) in [6.45, 7) is 0. The molecule has 6 heteroatoms. The number of hydrogen-bond acceptors (Lipinski definition) is 5. The van der Waals surface area contributed by atoms with Gasteiger partial charge in [-0.25, -0.2) is 0 Å². The van der Waals surface area contributed by atoms with Crippen LogP contribution in [0.15, 0.2) is 24.3 Å². The summed E-state index contributed by atoms with van der Waals surface area (Å²) >= 11 is 0. The molecule has 16 heavy (non-hydrogen) atoms. The van der Waals surface area contributed by atoms with Gasteiger partial charge in [0, 0.05) is 17.7 Å². The molecule has 0 saturated carbocycles. The molecule has 0 unspecified atom stereocenters. The van der Waals surface area contributed by atoms with Gasteiger partial charge in [0.05, 0.1) is 12.0 Å². The lowest BCUT2D eigenvalue weighted by Gasteiger charge is -1.99. The predicted octanol–water partition coefficient (Wildman–Crippen LogP) is 1.34. The maximum atomic E-state index is 11.5. The lowest BCUT2D eigenvalue weighted by Crippen LogP contribution is -2.09. The second kappa shape index (κ2) is 5.01. The molecule has 0 fully saturated rings. The smallest absolute Gasteiger partial charge is 0.313 e. The number of ether oxygens (including phenoxy) is 1. The van der Waals surface area contributed by atoms with Crippen LogP contribution in [0.1, 0.15) is 16.8 Å². The van der Waals surface area contributed by atoms with Crippen LogP contribution in [-0.4, -0.2) is 23.8 Å². The Kier molecular flexibility index (Phi) is 3.71. The van der Waals surface area contributed by atoms with E-state index in [0.29, 0.717) is 0 Å². The largest absolute Gasteiger partial charge is 0.469 e. The van der Waals surface area contributed by atoms with Crippen molar-refractivity contribution in [3.63, 3.8) is 0 Å². The van der Waals surface area contributed by atoms with Crippen molar-refractivity contribution in [2.75, 3.05) is 7.11 Å². The van der Waals surface area contributed by atoms with Gasteiger partial charge >= 0.3 is 5.97 Å². The van der Waals surface area contributed by atoms with Crippen LogP contribution in [0.5, 0.6) is 0 Å². The zero-order valence-corrected chi connectivity index (χ0v) is 8.50. The average molecular weight is 223 g/mol. The van der Waals surface area contributed by atoms with Crippen LogP contribution in [0.3, 0.4) is 0 Å². The molecule has 0 amide bonds. The number of carbonyl (C=O) groups is 2. The molecule has 0 atom stereocenters. The van der Waals surface area contributed by atoms with Crippen LogP contribution >= 0.6 is 0 Å². The van der Waals surface area contributed by atoms with Crippen LogP contribution in [0.2, 0.25) is 0 Å². The molecule has 0 aliphatic carbocycles. The van der Waals surface area contributed by atoms with Gasteiger partial charge in [0.1, 0.15) is 6.42 Å². The number of methoxy groups -OCH3 is 1. The van der Waals surface area contributed by atoms with Gasteiger partial charge in [0.25, 0.3) is 5.69 Å². The molecule has 0 bridgehead atoms. The summed E-state index contributed by atoms with van der Waals surface area (Å²) in [6.07, 6.45) is -0.419. The monoisotopic (exact) mass is 223 g/mol. The van der Waals surface area contributed by atoms with Crippen molar-refractivity contribution >= 4 is 17.4 Å². The topological polar surface area (TPSA) is 86.5 Å². The number of hydrogen-bond donors (Lipinski definition) is 0. The highest BCUT2D eigenvalue weighted by molar-refractivity contribution is 6.06. The van der Waals surface area contributed by atoms with Gasteiger partial charge in [0.2, 0.25) is 0 Å². The first-order valence-electron chi connectivity index (χ1n) is 4.39. The molecule has 0 aromatic heterocycles. The molecule has 0 N–H and O–H groups in total. The van der Waals surface area contributed by atoms with E-state index in [4.69, 9.17) is 0 Å². The first-order chi connectivity index (χ1) is 7.54. The van der Waals surface area contributed by atoms with Gasteiger partial charge in [-0.3, -0.25) is 19.7 Å². The SMILES string of the molecule is COC(=O)CC(=O)c1cccc([N+](=O)[O-])c1. The van der Waals surface area contributed by atoms with E-state index in [9.17, 15) is 19.7 Å². The Balaban J connectivity index is 2.88. The van der Waals surface area contributed by atoms with E-state index in [0.717, 1.165) is 6.07 Å². The first-order valence-corrected chi connectivity index (χ1v) is 4.39.